The second-order valence-corrected chi connectivity index (χ2v) is 5.35. The molecule has 1 aromatic rings. The maximum absolute atomic E-state index is 11.7. The van der Waals surface area contributed by atoms with Crippen LogP contribution in [-0.2, 0) is 4.79 Å². The average Bonchev–Trinajstić information content (AvgIpc) is 2.32. The Labute approximate surface area is 117 Å². The molecule has 0 aliphatic carbocycles. The second-order valence-electron chi connectivity index (χ2n) is 4.19. The molecule has 17 heavy (non-hydrogen) atoms. The maximum atomic E-state index is 11.7. The monoisotopic (exact) mass is 345 g/mol. The molecule has 0 aromatic heterocycles. The molecule has 0 spiro atoms. The van der Waals surface area contributed by atoms with Crippen LogP contribution in [0.25, 0.3) is 0 Å². The van der Waals surface area contributed by atoms with Crippen molar-refractivity contribution in [3.63, 3.8) is 0 Å². The first kappa shape index (κ1) is 14.5. The van der Waals surface area contributed by atoms with E-state index in [9.17, 15) is 4.79 Å². The van der Waals surface area contributed by atoms with Crippen molar-refractivity contribution in [2.75, 3.05) is 5.32 Å². The van der Waals surface area contributed by atoms with Crippen molar-refractivity contribution in [2.45, 2.75) is 45.4 Å². The van der Waals surface area contributed by atoms with Crippen LogP contribution >= 0.6 is 22.6 Å². The Morgan fingerprint density at radius 3 is 2.59 bits per heavy atom. The predicted octanol–water partition coefficient (Wildman–Crippen LogP) is 4.59. The number of halogens is 1. The molecule has 0 bridgehead atoms. The van der Waals surface area contributed by atoms with Gasteiger partial charge in [0.2, 0.25) is 5.91 Å². The number of hydrogen-bond donors (Lipinski definition) is 1. The first-order valence-electron chi connectivity index (χ1n) is 6.28. The Hall–Kier alpha value is -0.580. The minimum atomic E-state index is 0.130. The fraction of sp³-hybridized carbons (Fsp3) is 0.500. The number of carbonyl (C=O) groups is 1. The summed E-state index contributed by atoms with van der Waals surface area (Å²) in [5.74, 6) is 0.130. The van der Waals surface area contributed by atoms with E-state index in [-0.39, 0.29) is 5.91 Å². The van der Waals surface area contributed by atoms with Crippen LogP contribution in [0.2, 0.25) is 0 Å². The molecule has 94 valence electrons. The zero-order valence-electron chi connectivity index (χ0n) is 10.3. The Kier molecular flexibility index (Phi) is 7.24. The van der Waals surface area contributed by atoms with Crippen LogP contribution in [0.15, 0.2) is 24.3 Å². The molecule has 0 unspecified atom stereocenters. The van der Waals surface area contributed by atoms with Gasteiger partial charge >= 0.3 is 0 Å². The van der Waals surface area contributed by atoms with Crippen molar-refractivity contribution >= 4 is 34.2 Å². The maximum Gasteiger partial charge on any atom is 0.224 e. The van der Waals surface area contributed by atoms with Gasteiger partial charge in [0.05, 0.1) is 5.69 Å². The zero-order valence-corrected chi connectivity index (χ0v) is 12.5. The van der Waals surface area contributed by atoms with Crippen LogP contribution in [0.3, 0.4) is 0 Å². The van der Waals surface area contributed by atoms with Crippen LogP contribution in [-0.4, -0.2) is 5.91 Å². The van der Waals surface area contributed by atoms with E-state index in [0.29, 0.717) is 6.42 Å². The smallest absolute Gasteiger partial charge is 0.224 e. The van der Waals surface area contributed by atoms with Gasteiger partial charge in [0.1, 0.15) is 0 Å². The van der Waals surface area contributed by atoms with Crippen molar-refractivity contribution in [1.82, 2.24) is 0 Å². The van der Waals surface area contributed by atoms with Crippen molar-refractivity contribution in [2.24, 2.45) is 0 Å². The summed E-state index contributed by atoms with van der Waals surface area (Å²) in [6.07, 6.45) is 6.55. The quantitative estimate of drug-likeness (QED) is 0.568. The van der Waals surface area contributed by atoms with Crippen molar-refractivity contribution in [3.05, 3.63) is 27.8 Å². The van der Waals surface area contributed by atoms with Gasteiger partial charge in [0.25, 0.3) is 0 Å². The Bertz CT molecular complexity index is 352. The van der Waals surface area contributed by atoms with E-state index in [4.69, 9.17) is 0 Å². The Balaban J connectivity index is 2.23. The van der Waals surface area contributed by atoms with Gasteiger partial charge in [0.15, 0.2) is 0 Å². The number of rotatable bonds is 7. The van der Waals surface area contributed by atoms with Gasteiger partial charge in [-0.15, -0.1) is 0 Å². The Morgan fingerprint density at radius 1 is 1.18 bits per heavy atom. The fourth-order valence-corrected chi connectivity index (χ4v) is 2.19. The van der Waals surface area contributed by atoms with E-state index in [1.165, 1.54) is 19.3 Å². The third kappa shape index (κ3) is 6.05. The normalized spacial score (nSPS) is 10.2. The summed E-state index contributed by atoms with van der Waals surface area (Å²) in [5.41, 5.74) is 0.923. The molecule has 1 N–H and O–H groups in total. The lowest BCUT2D eigenvalue weighted by molar-refractivity contribution is -0.116. The summed E-state index contributed by atoms with van der Waals surface area (Å²) in [6, 6.07) is 7.86. The van der Waals surface area contributed by atoms with Crippen LogP contribution in [0.4, 0.5) is 5.69 Å². The summed E-state index contributed by atoms with van der Waals surface area (Å²) < 4.78 is 1.09. The highest BCUT2D eigenvalue weighted by Crippen LogP contribution is 2.17. The molecular weight excluding hydrogens is 325 g/mol. The number of anilines is 1. The van der Waals surface area contributed by atoms with Crippen LogP contribution < -0.4 is 5.32 Å². The number of para-hydroxylation sites is 1. The van der Waals surface area contributed by atoms with E-state index in [1.54, 1.807) is 0 Å². The average molecular weight is 345 g/mol. The molecule has 0 aliphatic heterocycles. The zero-order chi connectivity index (χ0) is 12.5. The molecule has 1 rings (SSSR count). The molecule has 1 aromatic carbocycles. The van der Waals surface area contributed by atoms with Crippen molar-refractivity contribution in [3.8, 4) is 0 Å². The van der Waals surface area contributed by atoms with E-state index < -0.39 is 0 Å². The summed E-state index contributed by atoms with van der Waals surface area (Å²) in [6.45, 7) is 2.20. The highest BCUT2D eigenvalue weighted by atomic mass is 127. The molecule has 2 nitrogen and oxygen atoms in total. The van der Waals surface area contributed by atoms with Gasteiger partial charge < -0.3 is 5.32 Å². The third-order valence-corrected chi connectivity index (χ3v) is 3.60. The highest BCUT2D eigenvalue weighted by molar-refractivity contribution is 14.1. The highest BCUT2D eigenvalue weighted by Gasteiger charge is 2.04. The summed E-state index contributed by atoms with van der Waals surface area (Å²) in [4.78, 5) is 11.7. The molecule has 0 saturated carbocycles. The number of carbonyl (C=O) groups excluding carboxylic acids is 1. The summed E-state index contributed by atoms with van der Waals surface area (Å²) in [5, 5.41) is 2.95. The molecule has 0 saturated heterocycles. The predicted molar refractivity (Wildman–Crippen MR) is 81.2 cm³/mol. The number of unbranched alkanes of at least 4 members (excludes halogenated alkanes) is 4. The van der Waals surface area contributed by atoms with Gasteiger partial charge in [0, 0.05) is 9.99 Å². The van der Waals surface area contributed by atoms with E-state index in [2.05, 4.69) is 34.8 Å². The van der Waals surface area contributed by atoms with Gasteiger partial charge in [-0.2, -0.15) is 0 Å². The van der Waals surface area contributed by atoms with Gasteiger partial charge in [-0.3, -0.25) is 4.79 Å². The summed E-state index contributed by atoms with van der Waals surface area (Å²) >= 11 is 2.24. The lowest BCUT2D eigenvalue weighted by Crippen LogP contribution is -2.11. The summed E-state index contributed by atoms with van der Waals surface area (Å²) in [7, 11) is 0. The van der Waals surface area contributed by atoms with Gasteiger partial charge in [-0.25, -0.2) is 0 Å². The SMILES string of the molecule is CCCCCCCC(=O)Nc1ccccc1I. The minimum absolute atomic E-state index is 0.130. The molecule has 0 heterocycles. The Morgan fingerprint density at radius 2 is 1.88 bits per heavy atom. The van der Waals surface area contributed by atoms with Crippen molar-refractivity contribution < 1.29 is 4.79 Å². The lowest BCUT2D eigenvalue weighted by Gasteiger charge is -2.06. The number of nitrogens with one attached hydrogen (secondary N) is 1. The van der Waals surface area contributed by atoms with Crippen LogP contribution in [0, 0.1) is 3.57 Å². The third-order valence-electron chi connectivity index (χ3n) is 2.66. The standard InChI is InChI=1S/C14H20INO/c1-2-3-4-5-6-11-14(17)16-13-10-8-7-9-12(13)15/h7-10H,2-6,11H2,1H3,(H,16,17). The van der Waals surface area contributed by atoms with Gasteiger partial charge in [-0.05, 0) is 41.1 Å². The van der Waals surface area contributed by atoms with Gasteiger partial charge in [-0.1, -0.05) is 44.7 Å². The van der Waals surface area contributed by atoms with E-state index in [0.717, 1.165) is 22.1 Å². The first-order valence-corrected chi connectivity index (χ1v) is 7.36. The molecule has 3 heteroatoms. The number of amides is 1. The molecule has 0 fully saturated rings. The first-order chi connectivity index (χ1) is 8.24. The van der Waals surface area contributed by atoms with E-state index >= 15 is 0 Å². The second kappa shape index (κ2) is 8.50. The van der Waals surface area contributed by atoms with Crippen molar-refractivity contribution in [1.29, 1.82) is 0 Å². The largest absolute Gasteiger partial charge is 0.325 e. The molecule has 0 atom stereocenters. The number of benzene rings is 1. The van der Waals surface area contributed by atoms with Crippen LogP contribution in [0.1, 0.15) is 45.4 Å². The lowest BCUT2D eigenvalue weighted by atomic mass is 10.1. The van der Waals surface area contributed by atoms with E-state index in [1.807, 2.05) is 24.3 Å². The minimum Gasteiger partial charge on any atom is -0.325 e. The molecular formula is C14H20INO. The topological polar surface area (TPSA) is 29.1 Å². The molecule has 0 radical (unpaired) electrons. The number of hydrogen-bond acceptors (Lipinski definition) is 1. The fourth-order valence-electron chi connectivity index (χ4n) is 1.66. The molecule has 0 aliphatic rings. The molecule has 1 amide bonds. The van der Waals surface area contributed by atoms with Crippen LogP contribution in [0.5, 0.6) is 0 Å².